The molecule has 0 saturated carbocycles. The van der Waals surface area contributed by atoms with Gasteiger partial charge in [0.25, 0.3) is 0 Å². The first-order chi connectivity index (χ1) is 12.8. The maximum atomic E-state index is 12.7. The highest BCUT2D eigenvalue weighted by molar-refractivity contribution is 7.89. The molecule has 144 valence electrons. The molecule has 0 spiro atoms. The molecule has 1 fully saturated rings. The zero-order chi connectivity index (χ0) is 19.4. The molecule has 1 saturated heterocycles. The summed E-state index contributed by atoms with van der Waals surface area (Å²) in [5.41, 5.74) is 1.85. The van der Waals surface area contributed by atoms with Crippen LogP contribution in [0.5, 0.6) is 0 Å². The number of anilines is 1. The number of carbonyl (C=O) groups is 1. The molecular formula is C19H22ClN3O3S. The predicted octanol–water partition coefficient (Wildman–Crippen LogP) is 2.59. The van der Waals surface area contributed by atoms with E-state index in [1.54, 1.807) is 12.1 Å². The van der Waals surface area contributed by atoms with Crippen molar-refractivity contribution in [1.82, 2.24) is 9.21 Å². The lowest BCUT2D eigenvalue weighted by Crippen LogP contribution is -2.50. The third-order valence-corrected chi connectivity index (χ3v) is 6.62. The standard InChI is InChI=1S/C19H22ClN3O3S/c1-15-3-2-4-17(13-15)21-19(24)14-22-9-11-23(12-10-22)27(25,26)18-7-5-16(20)6-8-18/h2-8,13H,9-12,14H2,1H3,(H,21,24). The molecule has 6 nitrogen and oxygen atoms in total. The predicted molar refractivity (Wildman–Crippen MR) is 106 cm³/mol. The van der Waals surface area contributed by atoms with Crippen molar-refractivity contribution in [2.24, 2.45) is 0 Å². The highest BCUT2D eigenvalue weighted by Crippen LogP contribution is 2.20. The molecule has 0 aromatic heterocycles. The average molecular weight is 408 g/mol. The molecule has 1 amide bonds. The van der Waals surface area contributed by atoms with Crippen LogP contribution in [0.3, 0.4) is 0 Å². The third-order valence-electron chi connectivity index (χ3n) is 4.45. The van der Waals surface area contributed by atoms with Crippen molar-refractivity contribution >= 4 is 33.2 Å². The molecule has 1 aliphatic heterocycles. The fourth-order valence-electron chi connectivity index (χ4n) is 3.01. The monoisotopic (exact) mass is 407 g/mol. The lowest BCUT2D eigenvalue weighted by Gasteiger charge is -2.33. The van der Waals surface area contributed by atoms with E-state index in [2.05, 4.69) is 5.32 Å². The van der Waals surface area contributed by atoms with Crippen molar-refractivity contribution in [2.45, 2.75) is 11.8 Å². The summed E-state index contributed by atoms with van der Waals surface area (Å²) in [7, 11) is -3.54. The minimum absolute atomic E-state index is 0.102. The Kier molecular flexibility index (Phi) is 6.16. The Labute approximate surface area is 164 Å². The van der Waals surface area contributed by atoms with Crippen LogP contribution in [0.4, 0.5) is 5.69 Å². The lowest BCUT2D eigenvalue weighted by atomic mass is 10.2. The molecule has 1 N–H and O–H groups in total. The smallest absolute Gasteiger partial charge is 0.243 e. The molecule has 0 radical (unpaired) electrons. The van der Waals surface area contributed by atoms with E-state index < -0.39 is 10.0 Å². The zero-order valence-electron chi connectivity index (χ0n) is 15.1. The first kappa shape index (κ1) is 19.8. The molecule has 1 aliphatic rings. The highest BCUT2D eigenvalue weighted by Gasteiger charge is 2.29. The number of sulfonamides is 1. The minimum atomic E-state index is -3.54. The summed E-state index contributed by atoms with van der Waals surface area (Å²) in [5, 5.41) is 3.38. The largest absolute Gasteiger partial charge is 0.325 e. The van der Waals surface area contributed by atoms with Gasteiger partial charge in [-0.3, -0.25) is 9.69 Å². The minimum Gasteiger partial charge on any atom is -0.325 e. The summed E-state index contributed by atoms with van der Waals surface area (Å²) in [6.07, 6.45) is 0. The fourth-order valence-corrected chi connectivity index (χ4v) is 4.56. The number of nitrogens with zero attached hydrogens (tertiary/aromatic N) is 2. The SMILES string of the molecule is Cc1cccc(NC(=O)CN2CCN(S(=O)(=O)c3ccc(Cl)cc3)CC2)c1. The van der Waals surface area contributed by atoms with E-state index >= 15 is 0 Å². The van der Waals surface area contributed by atoms with Crippen molar-refractivity contribution in [3.8, 4) is 0 Å². The van der Waals surface area contributed by atoms with Crippen molar-refractivity contribution in [2.75, 3.05) is 38.0 Å². The molecule has 0 aliphatic carbocycles. The molecule has 0 atom stereocenters. The number of nitrogens with one attached hydrogen (secondary N) is 1. The quantitative estimate of drug-likeness (QED) is 0.827. The van der Waals surface area contributed by atoms with Crippen LogP contribution in [0.25, 0.3) is 0 Å². The second-order valence-corrected chi connectivity index (χ2v) is 8.93. The zero-order valence-corrected chi connectivity index (χ0v) is 16.6. The normalized spacial score (nSPS) is 16.2. The van der Waals surface area contributed by atoms with Crippen LogP contribution in [0.2, 0.25) is 5.02 Å². The number of rotatable bonds is 5. The van der Waals surface area contributed by atoms with Crippen molar-refractivity contribution < 1.29 is 13.2 Å². The summed E-state index contributed by atoms with van der Waals surface area (Å²) >= 11 is 5.83. The van der Waals surface area contributed by atoms with E-state index in [9.17, 15) is 13.2 Å². The van der Waals surface area contributed by atoms with E-state index in [1.807, 2.05) is 36.1 Å². The molecule has 2 aromatic carbocycles. The Morgan fingerprint density at radius 2 is 1.74 bits per heavy atom. The lowest BCUT2D eigenvalue weighted by molar-refractivity contribution is -0.117. The van der Waals surface area contributed by atoms with Crippen molar-refractivity contribution in [3.63, 3.8) is 0 Å². The van der Waals surface area contributed by atoms with Crippen LogP contribution in [0.15, 0.2) is 53.4 Å². The van der Waals surface area contributed by atoms with Gasteiger partial charge in [0.05, 0.1) is 11.4 Å². The maximum absolute atomic E-state index is 12.7. The second kappa shape index (κ2) is 8.39. The summed E-state index contributed by atoms with van der Waals surface area (Å²) < 4.78 is 26.8. The van der Waals surface area contributed by atoms with Gasteiger partial charge in [-0.2, -0.15) is 4.31 Å². The van der Waals surface area contributed by atoms with Crippen LogP contribution in [-0.4, -0.2) is 56.3 Å². The van der Waals surface area contributed by atoms with Gasteiger partial charge in [0.1, 0.15) is 0 Å². The molecule has 0 bridgehead atoms. The molecule has 3 rings (SSSR count). The van der Waals surface area contributed by atoms with Gasteiger partial charge in [0, 0.05) is 36.9 Å². The average Bonchev–Trinajstić information content (AvgIpc) is 2.62. The molecule has 2 aromatic rings. The Balaban J connectivity index is 1.54. The van der Waals surface area contributed by atoms with Gasteiger partial charge in [0.2, 0.25) is 15.9 Å². The molecule has 8 heteroatoms. The van der Waals surface area contributed by atoms with E-state index in [-0.39, 0.29) is 17.3 Å². The van der Waals surface area contributed by atoms with Crippen molar-refractivity contribution in [3.05, 3.63) is 59.1 Å². The summed E-state index contributed by atoms with van der Waals surface area (Å²) in [6.45, 7) is 3.92. The summed E-state index contributed by atoms with van der Waals surface area (Å²) in [6, 6.07) is 13.8. The second-order valence-electron chi connectivity index (χ2n) is 6.55. The maximum Gasteiger partial charge on any atom is 0.243 e. The number of amides is 1. The van der Waals surface area contributed by atoms with E-state index in [1.165, 1.54) is 16.4 Å². The van der Waals surface area contributed by atoms with Crippen LogP contribution in [0.1, 0.15) is 5.56 Å². The highest BCUT2D eigenvalue weighted by atomic mass is 35.5. The van der Waals surface area contributed by atoms with E-state index in [0.29, 0.717) is 31.2 Å². The summed E-state index contributed by atoms with van der Waals surface area (Å²) in [5.74, 6) is -0.102. The Bertz CT molecular complexity index is 908. The van der Waals surface area contributed by atoms with Gasteiger partial charge >= 0.3 is 0 Å². The van der Waals surface area contributed by atoms with Crippen LogP contribution >= 0.6 is 11.6 Å². The van der Waals surface area contributed by atoms with Gasteiger partial charge in [-0.25, -0.2) is 8.42 Å². The molecular weight excluding hydrogens is 386 g/mol. The first-order valence-corrected chi connectivity index (χ1v) is 10.5. The number of benzene rings is 2. The third kappa shape index (κ3) is 5.07. The van der Waals surface area contributed by atoms with Gasteiger partial charge in [0.15, 0.2) is 0 Å². The van der Waals surface area contributed by atoms with Crippen molar-refractivity contribution in [1.29, 1.82) is 0 Å². The van der Waals surface area contributed by atoms with Gasteiger partial charge in [-0.1, -0.05) is 23.7 Å². The van der Waals surface area contributed by atoms with E-state index in [4.69, 9.17) is 11.6 Å². The Morgan fingerprint density at radius 1 is 1.07 bits per heavy atom. The van der Waals surface area contributed by atoms with Crippen LogP contribution < -0.4 is 5.32 Å². The number of aryl methyl sites for hydroxylation is 1. The summed E-state index contributed by atoms with van der Waals surface area (Å²) in [4.78, 5) is 14.4. The Morgan fingerprint density at radius 3 is 2.37 bits per heavy atom. The Hall–Kier alpha value is -1.93. The van der Waals surface area contributed by atoms with Gasteiger partial charge in [-0.15, -0.1) is 0 Å². The van der Waals surface area contributed by atoms with E-state index in [0.717, 1.165) is 11.3 Å². The first-order valence-electron chi connectivity index (χ1n) is 8.69. The number of piperazine rings is 1. The van der Waals surface area contributed by atoms with Gasteiger partial charge in [-0.05, 0) is 48.9 Å². The fraction of sp³-hybridized carbons (Fsp3) is 0.316. The van der Waals surface area contributed by atoms with Gasteiger partial charge < -0.3 is 5.32 Å². The van der Waals surface area contributed by atoms with Crippen LogP contribution in [-0.2, 0) is 14.8 Å². The number of hydrogen-bond donors (Lipinski definition) is 1. The number of carbonyl (C=O) groups excluding carboxylic acids is 1. The van der Waals surface area contributed by atoms with Crippen LogP contribution in [0, 0.1) is 6.92 Å². The number of hydrogen-bond acceptors (Lipinski definition) is 4. The molecule has 27 heavy (non-hydrogen) atoms. The number of halogens is 1. The molecule has 1 heterocycles. The topological polar surface area (TPSA) is 69.7 Å². The molecule has 0 unspecified atom stereocenters.